The summed E-state index contributed by atoms with van der Waals surface area (Å²) in [6, 6.07) is 7.11. The number of rotatable bonds is 5. The number of benzene rings is 1. The minimum Gasteiger partial charge on any atom is -0.348 e. The van der Waals surface area contributed by atoms with Crippen molar-refractivity contribution in [2.75, 3.05) is 27.7 Å². The molecule has 0 radical (unpaired) electrons. The molecule has 6 heteroatoms. The third-order valence-corrected chi connectivity index (χ3v) is 2.70. The van der Waals surface area contributed by atoms with Crippen molar-refractivity contribution < 1.29 is 9.59 Å². The van der Waals surface area contributed by atoms with Gasteiger partial charge in [0.15, 0.2) is 0 Å². The van der Waals surface area contributed by atoms with Gasteiger partial charge in [-0.25, -0.2) is 5.84 Å². The van der Waals surface area contributed by atoms with Crippen molar-refractivity contribution in [2.45, 2.75) is 6.54 Å². The smallest absolute Gasteiger partial charge is 0.265 e. The van der Waals surface area contributed by atoms with Gasteiger partial charge in [-0.2, -0.15) is 0 Å². The van der Waals surface area contributed by atoms with Crippen LogP contribution in [0.15, 0.2) is 24.3 Å². The number of nitrogens with two attached hydrogens (primary N) is 1. The first-order valence-corrected chi connectivity index (χ1v) is 5.92. The van der Waals surface area contributed by atoms with Crippen LogP contribution in [0.5, 0.6) is 0 Å². The second kappa shape index (κ2) is 6.86. The molecule has 0 aliphatic carbocycles. The highest BCUT2D eigenvalue weighted by molar-refractivity contribution is 5.93. The minimum absolute atomic E-state index is 0.0571. The lowest BCUT2D eigenvalue weighted by atomic mass is 10.1. The molecule has 0 unspecified atom stereocenters. The summed E-state index contributed by atoms with van der Waals surface area (Å²) >= 11 is 0. The van der Waals surface area contributed by atoms with Crippen molar-refractivity contribution in [3.63, 3.8) is 0 Å². The number of nitrogens with one attached hydrogen (secondary N) is 1. The van der Waals surface area contributed by atoms with E-state index in [1.807, 2.05) is 24.1 Å². The number of nitrogens with zero attached hydrogens (tertiary/aromatic N) is 2. The molecule has 2 amide bonds. The summed E-state index contributed by atoms with van der Waals surface area (Å²) < 4.78 is 0. The van der Waals surface area contributed by atoms with E-state index in [4.69, 9.17) is 5.84 Å². The molecule has 0 aliphatic rings. The summed E-state index contributed by atoms with van der Waals surface area (Å²) in [6.45, 7) is 1.00. The predicted octanol–water partition coefficient (Wildman–Crippen LogP) is -0.190. The van der Waals surface area contributed by atoms with Crippen molar-refractivity contribution in [2.24, 2.45) is 5.84 Å². The molecule has 3 N–H and O–H groups in total. The van der Waals surface area contributed by atoms with Crippen LogP contribution >= 0.6 is 0 Å². The average molecular weight is 264 g/mol. The van der Waals surface area contributed by atoms with E-state index in [1.165, 1.54) is 0 Å². The second-order valence-corrected chi connectivity index (χ2v) is 4.63. The van der Waals surface area contributed by atoms with Crippen LogP contribution in [0.1, 0.15) is 15.9 Å². The first-order valence-electron chi connectivity index (χ1n) is 5.92. The molecular weight excluding hydrogens is 244 g/mol. The summed E-state index contributed by atoms with van der Waals surface area (Å²) in [5.41, 5.74) is 3.62. The minimum atomic E-state index is -0.317. The largest absolute Gasteiger partial charge is 0.348 e. The van der Waals surface area contributed by atoms with Gasteiger partial charge in [-0.05, 0) is 24.7 Å². The fourth-order valence-electron chi connectivity index (χ4n) is 1.58. The first kappa shape index (κ1) is 15.1. The summed E-state index contributed by atoms with van der Waals surface area (Å²) in [4.78, 5) is 26.3. The van der Waals surface area contributed by atoms with Gasteiger partial charge in [0, 0.05) is 26.2 Å². The van der Waals surface area contributed by atoms with Crippen LogP contribution in [0.2, 0.25) is 0 Å². The maximum atomic E-state index is 11.5. The number of carbonyl (C=O) groups is 2. The quantitative estimate of drug-likeness (QED) is 0.439. The lowest BCUT2D eigenvalue weighted by Gasteiger charge is -2.19. The SMILES string of the molecule is CN(CC(=O)N(C)C)Cc1ccc(C(=O)NN)cc1. The zero-order chi connectivity index (χ0) is 14.4. The van der Waals surface area contributed by atoms with Crippen LogP contribution in [-0.2, 0) is 11.3 Å². The number of carbonyl (C=O) groups excluding carboxylic acids is 2. The molecule has 0 spiro atoms. The molecule has 0 heterocycles. The van der Waals surface area contributed by atoms with E-state index in [0.717, 1.165) is 5.56 Å². The normalized spacial score (nSPS) is 10.4. The number of hydrazine groups is 1. The highest BCUT2D eigenvalue weighted by atomic mass is 16.2. The molecule has 1 aromatic rings. The van der Waals surface area contributed by atoms with E-state index in [-0.39, 0.29) is 11.8 Å². The van der Waals surface area contributed by atoms with Gasteiger partial charge in [0.25, 0.3) is 5.91 Å². The van der Waals surface area contributed by atoms with E-state index in [0.29, 0.717) is 18.7 Å². The maximum Gasteiger partial charge on any atom is 0.265 e. The molecule has 0 bridgehead atoms. The summed E-state index contributed by atoms with van der Waals surface area (Å²) in [6.07, 6.45) is 0. The van der Waals surface area contributed by atoms with Crippen LogP contribution in [0, 0.1) is 0 Å². The molecule has 1 aromatic carbocycles. The van der Waals surface area contributed by atoms with Gasteiger partial charge in [-0.1, -0.05) is 12.1 Å². The monoisotopic (exact) mass is 264 g/mol. The van der Waals surface area contributed by atoms with E-state index in [1.54, 1.807) is 31.1 Å². The number of nitrogen functional groups attached to an aromatic ring is 1. The molecule has 0 saturated carbocycles. The van der Waals surface area contributed by atoms with E-state index >= 15 is 0 Å². The number of amides is 2. The molecular formula is C13H20N4O2. The van der Waals surface area contributed by atoms with Crippen molar-refractivity contribution in [1.29, 1.82) is 0 Å². The molecule has 6 nitrogen and oxygen atoms in total. The fraction of sp³-hybridized carbons (Fsp3) is 0.385. The van der Waals surface area contributed by atoms with Crippen LogP contribution in [0.4, 0.5) is 0 Å². The van der Waals surface area contributed by atoms with E-state index < -0.39 is 0 Å². The predicted molar refractivity (Wildman–Crippen MR) is 73.1 cm³/mol. The highest BCUT2D eigenvalue weighted by Gasteiger charge is 2.09. The third kappa shape index (κ3) is 4.69. The Labute approximate surface area is 113 Å². The number of hydrogen-bond donors (Lipinski definition) is 2. The van der Waals surface area contributed by atoms with Crippen molar-refractivity contribution in [3.05, 3.63) is 35.4 Å². The molecule has 0 aromatic heterocycles. The fourth-order valence-corrected chi connectivity index (χ4v) is 1.58. The van der Waals surface area contributed by atoms with Crippen molar-refractivity contribution in [1.82, 2.24) is 15.2 Å². The first-order chi connectivity index (χ1) is 8.93. The summed E-state index contributed by atoms with van der Waals surface area (Å²) in [5.74, 6) is 4.80. The topological polar surface area (TPSA) is 78.7 Å². The van der Waals surface area contributed by atoms with Gasteiger partial charge >= 0.3 is 0 Å². The molecule has 1 rings (SSSR count). The highest BCUT2D eigenvalue weighted by Crippen LogP contribution is 2.06. The van der Waals surface area contributed by atoms with Gasteiger partial charge in [-0.15, -0.1) is 0 Å². The summed E-state index contributed by atoms with van der Waals surface area (Å²) in [7, 11) is 5.34. The Morgan fingerprint density at radius 3 is 2.21 bits per heavy atom. The Morgan fingerprint density at radius 2 is 1.74 bits per heavy atom. The maximum absolute atomic E-state index is 11.5. The molecule has 0 atom stereocenters. The van der Waals surface area contributed by atoms with Gasteiger partial charge in [0.05, 0.1) is 6.54 Å². The zero-order valence-electron chi connectivity index (χ0n) is 11.5. The Bertz CT molecular complexity index is 442. The van der Waals surface area contributed by atoms with E-state index in [9.17, 15) is 9.59 Å². The Hall–Kier alpha value is -1.92. The third-order valence-electron chi connectivity index (χ3n) is 2.70. The van der Waals surface area contributed by atoms with Crippen LogP contribution in [0.25, 0.3) is 0 Å². The van der Waals surface area contributed by atoms with Crippen molar-refractivity contribution >= 4 is 11.8 Å². The lowest BCUT2D eigenvalue weighted by Crippen LogP contribution is -2.34. The van der Waals surface area contributed by atoms with Crippen LogP contribution in [-0.4, -0.2) is 49.3 Å². The van der Waals surface area contributed by atoms with Crippen LogP contribution < -0.4 is 11.3 Å². The second-order valence-electron chi connectivity index (χ2n) is 4.63. The van der Waals surface area contributed by atoms with Crippen molar-refractivity contribution in [3.8, 4) is 0 Å². The molecule has 19 heavy (non-hydrogen) atoms. The Balaban J connectivity index is 2.58. The zero-order valence-corrected chi connectivity index (χ0v) is 11.5. The molecule has 0 saturated heterocycles. The summed E-state index contributed by atoms with van der Waals surface area (Å²) in [5, 5.41) is 0. The number of likely N-dealkylation sites (N-methyl/N-ethyl adjacent to an activating group) is 2. The lowest BCUT2D eigenvalue weighted by molar-refractivity contribution is -0.129. The molecule has 0 aliphatic heterocycles. The Kier molecular flexibility index (Phi) is 5.47. The van der Waals surface area contributed by atoms with Gasteiger partial charge in [0.2, 0.25) is 5.91 Å². The van der Waals surface area contributed by atoms with E-state index in [2.05, 4.69) is 5.43 Å². The number of hydrogen-bond acceptors (Lipinski definition) is 4. The molecule has 104 valence electrons. The van der Waals surface area contributed by atoms with Crippen LogP contribution in [0.3, 0.4) is 0 Å². The molecule has 0 fully saturated rings. The average Bonchev–Trinajstić information content (AvgIpc) is 2.38. The Morgan fingerprint density at radius 1 is 1.16 bits per heavy atom. The van der Waals surface area contributed by atoms with Gasteiger partial charge in [0.1, 0.15) is 0 Å². The van der Waals surface area contributed by atoms with Gasteiger partial charge < -0.3 is 4.90 Å². The van der Waals surface area contributed by atoms with Gasteiger partial charge in [-0.3, -0.25) is 19.9 Å². The standard InChI is InChI=1S/C13H20N4O2/c1-16(2)12(18)9-17(3)8-10-4-6-11(7-5-10)13(19)15-14/h4-7H,8-9,14H2,1-3H3,(H,15,19).